The van der Waals surface area contributed by atoms with Crippen LogP contribution in [0.15, 0.2) is 34.0 Å². The van der Waals surface area contributed by atoms with E-state index in [9.17, 15) is 4.79 Å². The fraction of sp³-hybridized carbons (Fsp3) is 0.143. The van der Waals surface area contributed by atoms with E-state index in [-0.39, 0.29) is 11.5 Å². The highest BCUT2D eigenvalue weighted by atomic mass is 35.5. The molecule has 0 atom stereocenters. The van der Waals surface area contributed by atoms with Crippen molar-refractivity contribution >= 4 is 40.3 Å². The van der Waals surface area contributed by atoms with Gasteiger partial charge in [0, 0.05) is 21.4 Å². The first-order valence-electron chi connectivity index (χ1n) is 6.30. The molecular formula is C14H13ClN4OS. The Morgan fingerprint density at radius 3 is 2.71 bits per heavy atom. The van der Waals surface area contributed by atoms with Crippen molar-refractivity contribution in [2.45, 2.75) is 17.6 Å². The Morgan fingerprint density at radius 2 is 2.00 bits per heavy atom. The average molecular weight is 321 g/mol. The number of hydrogen-bond donors (Lipinski definition) is 3. The summed E-state index contributed by atoms with van der Waals surface area (Å²) in [6.45, 7) is 1.92. The molecule has 0 fully saturated rings. The van der Waals surface area contributed by atoms with Crippen molar-refractivity contribution in [1.29, 1.82) is 0 Å². The third-order valence-electron chi connectivity index (χ3n) is 3.11. The molecule has 21 heavy (non-hydrogen) atoms. The summed E-state index contributed by atoms with van der Waals surface area (Å²) in [5.74, 6) is 0.859. The van der Waals surface area contributed by atoms with Gasteiger partial charge in [-0.2, -0.15) is 4.98 Å². The van der Waals surface area contributed by atoms with Crippen molar-refractivity contribution in [3.05, 3.63) is 50.9 Å². The predicted octanol–water partition coefficient (Wildman–Crippen LogP) is 3.09. The van der Waals surface area contributed by atoms with Gasteiger partial charge >= 0.3 is 0 Å². The third-order valence-corrected chi connectivity index (χ3v) is 4.64. The standard InChI is InChI=1S/C14H13ClN4OS/c1-7-11(21-6-8-2-4-9(15)5-3-8)10-12(17-7)18-14(16)19-13(10)20/h2-5H,6H2,1H3,(H4,16,17,18,19,20). The van der Waals surface area contributed by atoms with Gasteiger partial charge in [0.25, 0.3) is 5.56 Å². The van der Waals surface area contributed by atoms with E-state index in [0.29, 0.717) is 16.1 Å². The summed E-state index contributed by atoms with van der Waals surface area (Å²) in [6.07, 6.45) is 0. The quantitative estimate of drug-likeness (QED) is 0.647. The van der Waals surface area contributed by atoms with Crippen LogP contribution in [0.2, 0.25) is 5.02 Å². The van der Waals surface area contributed by atoms with E-state index in [2.05, 4.69) is 15.0 Å². The van der Waals surface area contributed by atoms with Crippen LogP contribution in [-0.4, -0.2) is 15.0 Å². The maximum absolute atomic E-state index is 12.1. The van der Waals surface area contributed by atoms with E-state index >= 15 is 0 Å². The summed E-state index contributed by atoms with van der Waals surface area (Å²) in [7, 11) is 0. The van der Waals surface area contributed by atoms with Gasteiger partial charge in [-0.05, 0) is 24.6 Å². The van der Waals surface area contributed by atoms with Gasteiger partial charge in [0.2, 0.25) is 5.95 Å². The van der Waals surface area contributed by atoms with E-state index in [1.807, 2.05) is 31.2 Å². The number of nitrogens with two attached hydrogens (primary N) is 1. The minimum atomic E-state index is -0.222. The van der Waals surface area contributed by atoms with Crippen LogP contribution in [-0.2, 0) is 5.75 Å². The van der Waals surface area contributed by atoms with Crippen molar-refractivity contribution in [3.8, 4) is 0 Å². The van der Waals surface area contributed by atoms with Crippen molar-refractivity contribution in [2.24, 2.45) is 0 Å². The van der Waals surface area contributed by atoms with Crippen LogP contribution in [0.25, 0.3) is 11.0 Å². The molecule has 0 saturated carbocycles. The molecule has 0 aliphatic heterocycles. The molecule has 0 aliphatic rings. The Bertz CT molecular complexity index is 854. The number of aromatic amines is 2. The summed E-state index contributed by atoms with van der Waals surface area (Å²) in [5, 5.41) is 1.27. The summed E-state index contributed by atoms with van der Waals surface area (Å²) in [6, 6.07) is 7.66. The number of aromatic nitrogens is 3. The van der Waals surface area contributed by atoms with Gasteiger partial charge in [0.1, 0.15) is 5.65 Å². The van der Waals surface area contributed by atoms with Crippen LogP contribution in [0.1, 0.15) is 11.3 Å². The van der Waals surface area contributed by atoms with Gasteiger partial charge in [-0.15, -0.1) is 11.8 Å². The summed E-state index contributed by atoms with van der Waals surface area (Å²) in [4.78, 5) is 22.7. The lowest BCUT2D eigenvalue weighted by Crippen LogP contribution is -2.10. The fourth-order valence-corrected chi connectivity index (χ4v) is 3.36. The van der Waals surface area contributed by atoms with Gasteiger partial charge in [0.05, 0.1) is 5.39 Å². The third kappa shape index (κ3) is 2.77. The van der Waals surface area contributed by atoms with E-state index in [1.54, 1.807) is 11.8 Å². The van der Waals surface area contributed by atoms with E-state index in [0.717, 1.165) is 21.9 Å². The van der Waals surface area contributed by atoms with Crippen LogP contribution in [0, 0.1) is 6.92 Å². The van der Waals surface area contributed by atoms with Crippen molar-refractivity contribution < 1.29 is 0 Å². The maximum atomic E-state index is 12.1. The first-order valence-corrected chi connectivity index (χ1v) is 7.66. The highest BCUT2D eigenvalue weighted by Gasteiger charge is 2.14. The van der Waals surface area contributed by atoms with Crippen LogP contribution < -0.4 is 11.3 Å². The maximum Gasteiger partial charge on any atom is 0.262 e. The van der Waals surface area contributed by atoms with Crippen molar-refractivity contribution in [2.75, 3.05) is 5.73 Å². The molecule has 3 aromatic rings. The molecule has 1 aromatic carbocycles. The largest absolute Gasteiger partial charge is 0.369 e. The zero-order valence-corrected chi connectivity index (χ0v) is 12.8. The number of benzene rings is 1. The molecule has 7 heteroatoms. The van der Waals surface area contributed by atoms with E-state index in [1.165, 1.54) is 0 Å². The zero-order valence-electron chi connectivity index (χ0n) is 11.2. The summed E-state index contributed by atoms with van der Waals surface area (Å²) in [5.41, 5.74) is 7.90. The number of thioether (sulfide) groups is 1. The molecule has 0 unspecified atom stereocenters. The van der Waals surface area contributed by atoms with Gasteiger partial charge < -0.3 is 10.7 Å². The molecule has 2 aromatic heterocycles. The van der Waals surface area contributed by atoms with Crippen LogP contribution in [0.4, 0.5) is 5.95 Å². The van der Waals surface area contributed by atoms with Gasteiger partial charge in [0.15, 0.2) is 0 Å². The predicted molar refractivity (Wildman–Crippen MR) is 86.9 cm³/mol. The normalized spacial score (nSPS) is 11.1. The number of rotatable bonds is 3. The highest BCUT2D eigenvalue weighted by molar-refractivity contribution is 7.98. The molecule has 0 radical (unpaired) electrons. The molecule has 0 spiro atoms. The van der Waals surface area contributed by atoms with Gasteiger partial charge in [-0.1, -0.05) is 23.7 Å². The number of fused-ring (bicyclic) bond motifs is 1. The number of H-pyrrole nitrogens is 2. The van der Waals surface area contributed by atoms with Crippen molar-refractivity contribution in [3.63, 3.8) is 0 Å². The van der Waals surface area contributed by atoms with E-state index < -0.39 is 0 Å². The number of nitrogens with one attached hydrogen (secondary N) is 2. The molecule has 4 N–H and O–H groups in total. The molecule has 5 nitrogen and oxygen atoms in total. The van der Waals surface area contributed by atoms with Gasteiger partial charge in [-0.25, -0.2) is 0 Å². The van der Waals surface area contributed by atoms with Crippen LogP contribution >= 0.6 is 23.4 Å². The Labute approximate surface area is 129 Å². The lowest BCUT2D eigenvalue weighted by atomic mass is 10.2. The second kappa shape index (κ2) is 5.46. The monoisotopic (exact) mass is 320 g/mol. The Hall–Kier alpha value is -1.92. The molecule has 0 saturated heterocycles. The number of anilines is 1. The zero-order chi connectivity index (χ0) is 15.0. The minimum absolute atomic E-state index is 0.114. The smallest absolute Gasteiger partial charge is 0.262 e. The Balaban J connectivity index is 1.95. The Kier molecular flexibility index (Phi) is 3.65. The number of aryl methyl sites for hydroxylation is 1. The second-order valence-corrected chi connectivity index (χ2v) is 6.09. The number of nitrogens with zero attached hydrogens (tertiary/aromatic N) is 1. The molecule has 2 heterocycles. The molecule has 108 valence electrons. The summed E-state index contributed by atoms with van der Waals surface area (Å²) < 4.78 is 0. The first-order chi connectivity index (χ1) is 10.0. The lowest BCUT2D eigenvalue weighted by molar-refractivity contribution is 1.17. The molecule has 0 bridgehead atoms. The first kappa shape index (κ1) is 14.0. The lowest BCUT2D eigenvalue weighted by Gasteiger charge is -2.02. The number of halogens is 1. The van der Waals surface area contributed by atoms with Gasteiger partial charge in [-0.3, -0.25) is 9.78 Å². The van der Waals surface area contributed by atoms with Crippen molar-refractivity contribution in [1.82, 2.24) is 15.0 Å². The summed E-state index contributed by atoms with van der Waals surface area (Å²) >= 11 is 7.46. The highest BCUT2D eigenvalue weighted by Crippen LogP contribution is 2.31. The molecule has 3 rings (SSSR count). The minimum Gasteiger partial charge on any atom is -0.369 e. The number of hydrogen-bond acceptors (Lipinski definition) is 4. The topological polar surface area (TPSA) is 87.6 Å². The molecule has 0 amide bonds. The van der Waals surface area contributed by atoms with E-state index in [4.69, 9.17) is 17.3 Å². The van der Waals surface area contributed by atoms with Crippen LogP contribution in [0.5, 0.6) is 0 Å². The Morgan fingerprint density at radius 1 is 1.29 bits per heavy atom. The second-order valence-electron chi connectivity index (χ2n) is 4.67. The number of nitrogen functional groups attached to an aromatic ring is 1. The SMILES string of the molecule is Cc1[nH]c2nc(N)[nH]c(=O)c2c1SCc1ccc(Cl)cc1. The average Bonchev–Trinajstić information content (AvgIpc) is 2.74. The molecule has 0 aliphatic carbocycles. The van der Waals surface area contributed by atoms with Crippen LogP contribution in [0.3, 0.4) is 0 Å². The molecular weight excluding hydrogens is 308 g/mol. The fourth-order valence-electron chi connectivity index (χ4n) is 2.13.